The lowest BCUT2D eigenvalue weighted by Crippen LogP contribution is -2.45. The van der Waals surface area contributed by atoms with Gasteiger partial charge in [0.25, 0.3) is 0 Å². The number of unbranched alkanes of at least 4 members (excludes halogenated alkanes) is 1. The predicted octanol–water partition coefficient (Wildman–Crippen LogP) is 12.8. The van der Waals surface area contributed by atoms with E-state index in [1.165, 1.54) is 105 Å². The minimum atomic E-state index is -0.0356. The first-order chi connectivity index (χ1) is 24.2. The zero-order chi connectivity index (χ0) is 33.0. The summed E-state index contributed by atoms with van der Waals surface area (Å²) in [6, 6.07) is 54.7. The molecule has 1 aliphatic carbocycles. The summed E-state index contributed by atoms with van der Waals surface area (Å²) in [5, 5.41) is 5.23. The van der Waals surface area contributed by atoms with Gasteiger partial charge in [-0.1, -0.05) is 130 Å². The minimum absolute atomic E-state index is 0.0356. The number of benzene rings is 6. The molecule has 2 unspecified atom stereocenters. The molecule has 2 nitrogen and oxygen atoms in total. The summed E-state index contributed by atoms with van der Waals surface area (Å²) in [6.45, 7) is 4.87. The van der Waals surface area contributed by atoms with Crippen LogP contribution in [0.25, 0.3) is 55.0 Å². The highest BCUT2D eigenvalue weighted by molar-refractivity contribution is 6.10. The van der Waals surface area contributed by atoms with Gasteiger partial charge in [0, 0.05) is 38.3 Å². The molecular formula is C47H44N2. The zero-order valence-electron chi connectivity index (χ0n) is 28.6. The molecule has 0 radical (unpaired) electrons. The molecule has 0 amide bonds. The summed E-state index contributed by atoms with van der Waals surface area (Å²) in [4.78, 5) is 0. The van der Waals surface area contributed by atoms with Gasteiger partial charge in [-0.3, -0.25) is 0 Å². The first-order valence-electron chi connectivity index (χ1n) is 18.4. The summed E-state index contributed by atoms with van der Waals surface area (Å²) in [5.41, 5.74) is 10.4. The Morgan fingerprint density at radius 3 is 1.29 bits per heavy atom. The van der Waals surface area contributed by atoms with Crippen molar-refractivity contribution in [1.82, 2.24) is 9.13 Å². The van der Waals surface area contributed by atoms with E-state index in [9.17, 15) is 0 Å². The third kappa shape index (κ3) is 4.61. The van der Waals surface area contributed by atoms with E-state index in [0.29, 0.717) is 11.8 Å². The molecule has 49 heavy (non-hydrogen) atoms. The van der Waals surface area contributed by atoms with Gasteiger partial charge in [0.05, 0.1) is 22.1 Å². The topological polar surface area (TPSA) is 9.86 Å². The Hall–Kier alpha value is -5.08. The van der Waals surface area contributed by atoms with Crippen molar-refractivity contribution in [2.75, 3.05) is 0 Å². The number of nitrogens with zero attached hydrogens (tertiary/aromatic N) is 2. The minimum Gasteiger partial charge on any atom is -0.309 e. The van der Waals surface area contributed by atoms with Gasteiger partial charge >= 0.3 is 0 Å². The molecular weight excluding hydrogens is 593 g/mol. The van der Waals surface area contributed by atoms with Crippen LogP contribution in [0.15, 0.2) is 146 Å². The summed E-state index contributed by atoms with van der Waals surface area (Å²) >= 11 is 0. The third-order valence-corrected chi connectivity index (χ3v) is 11.9. The molecule has 9 rings (SSSR count). The van der Waals surface area contributed by atoms with Crippen molar-refractivity contribution in [3.63, 3.8) is 0 Å². The lowest BCUT2D eigenvalue weighted by atomic mass is 9.53. The van der Waals surface area contributed by atoms with Crippen LogP contribution in [0.1, 0.15) is 63.5 Å². The lowest BCUT2D eigenvalue weighted by Gasteiger charge is -2.50. The van der Waals surface area contributed by atoms with Crippen molar-refractivity contribution >= 4 is 43.6 Å². The molecule has 0 bridgehead atoms. The van der Waals surface area contributed by atoms with Gasteiger partial charge in [-0.25, -0.2) is 0 Å². The van der Waals surface area contributed by atoms with Crippen LogP contribution in [0.5, 0.6) is 0 Å². The average molecular weight is 637 g/mol. The molecule has 242 valence electrons. The van der Waals surface area contributed by atoms with E-state index in [1.54, 1.807) is 0 Å². The van der Waals surface area contributed by atoms with E-state index >= 15 is 0 Å². The fraction of sp³-hybridized carbons (Fsp3) is 0.234. The van der Waals surface area contributed by atoms with Crippen LogP contribution in [0, 0.1) is 11.8 Å². The number of aromatic nitrogens is 2. The summed E-state index contributed by atoms with van der Waals surface area (Å²) in [7, 11) is 0. The Labute approximate surface area is 289 Å². The maximum Gasteiger partial charge on any atom is 0.0541 e. The van der Waals surface area contributed by atoms with Crippen LogP contribution < -0.4 is 0 Å². The van der Waals surface area contributed by atoms with Crippen molar-refractivity contribution < 1.29 is 0 Å². The van der Waals surface area contributed by atoms with Crippen LogP contribution >= 0.6 is 0 Å². The maximum atomic E-state index is 2.53. The van der Waals surface area contributed by atoms with Gasteiger partial charge in [-0.05, 0) is 90.8 Å². The molecule has 1 fully saturated rings. The summed E-state index contributed by atoms with van der Waals surface area (Å²) in [6.07, 6.45) is 7.64. The highest BCUT2D eigenvalue weighted by Gasteiger charge is 2.47. The van der Waals surface area contributed by atoms with Gasteiger partial charge < -0.3 is 9.13 Å². The third-order valence-electron chi connectivity index (χ3n) is 11.9. The second kappa shape index (κ2) is 12.1. The molecule has 0 aliphatic heterocycles. The van der Waals surface area contributed by atoms with E-state index in [2.05, 4.69) is 169 Å². The monoisotopic (exact) mass is 636 g/mol. The van der Waals surface area contributed by atoms with Gasteiger partial charge in [0.1, 0.15) is 0 Å². The van der Waals surface area contributed by atoms with Gasteiger partial charge in [-0.15, -0.1) is 0 Å². The predicted molar refractivity (Wildman–Crippen MR) is 208 cm³/mol. The number of hydrogen-bond acceptors (Lipinski definition) is 0. The first kappa shape index (κ1) is 30.0. The zero-order valence-corrected chi connectivity index (χ0v) is 28.6. The maximum absolute atomic E-state index is 2.53. The van der Waals surface area contributed by atoms with Crippen LogP contribution in [-0.2, 0) is 5.41 Å². The van der Waals surface area contributed by atoms with Crippen LogP contribution in [0.3, 0.4) is 0 Å². The Morgan fingerprint density at radius 2 is 0.898 bits per heavy atom. The highest BCUT2D eigenvalue weighted by atomic mass is 15.0. The molecule has 0 N–H and O–H groups in total. The fourth-order valence-electron chi connectivity index (χ4n) is 9.73. The Morgan fingerprint density at radius 1 is 0.510 bits per heavy atom. The second-order valence-corrected chi connectivity index (χ2v) is 14.4. The summed E-state index contributed by atoms with van der Waals surface area (Å²) in [5.74, 6) is 1.15. The van der Waals surface area contributed by atoms with E-state index in [0.717, 1.165) is 0 Å². The standard InChI is InChI=1S/C47H44N2/c1-3-4-15-34-16-13-14-33(2)47(34,35-25-29-37(30-26-35)48-43-21-9-5-17-39(43)40-18-6-10-22-44(40)48)36-27-31-38(32-28-36)49-45-23-11-7-19-41(45)42-20-8-12-24-46(42)49/h5-12,17-34H,3-4,13-16H2,1-2H3. The fourth-order valence-corrected chi connectivity index (χ4v) is 9.73. The van der Waals surface area contributed by atoms with Crippen molar-refractivity contribution in [1.29, 1.82) is 0 Å². The van der Waals surface area contributed by atoms with E-state index in [1.807, 2.05) is 0 Å². The number of rotatable bonds is 7. The van der Waals surface area contributed by atoms with Crippen LogP contribution in [0.2, 0.25) is 0 Å². The molecule has 1 saturated carbocycles. The van der Waals surface area contributed by atoms with Crippen molar-refractivity contribution in [3.05, 3.63) is 157 Å². The Balaban J connectivity index is 1.19. The Kier molecular flexibility index (Phi) is 7.42. The largest absolute Gasteiger partial charge is 0.309 e. The molecule has 2 heterocycles. The molecule has 2 aromatic heterocycles. The molecule has 8 aromatic rings. The first-order valence-corrected chi connectivity index (χ1v) is 18.4. The van der Waals surface area contributed by atoms with Gasteiger partial charge in [-0.2, -0.15) is 0 Å². The average Bonchev–Trinajstić information content (AvgIpc) is 3.68. The molecule has 0 saturated heterocycles. The lowest BCUT2D eigenvalue weighted by molar-refractivity contribution is 0.142. The van der Waals surface area contributed by atoms with Crippen molar-refractivity contribution in [2.24, 2.45) is 11.8 Å². The number of fused-ring (bicyclic) bond motifs is 6. The number of hydrogen-bond donors (Lipinski definition) is 0. The van der Waals surface area contributed by atoms with Crippen LogP contribution in [-0.4, -0.2) is 9.13 Å². The number of para-hydroxylation sites is 4. The van der Waals surface area contributed by atoms with E-state index in [-0.39, 0.29) is 5.41 Å². The van der Waals surface area contributed by atoms with Crippen molar-refractivity contribution in [2.45, 2.75) is 57.8 Å². The second-order valence-electron chi connectivity index (χ2n) is 14.4. The SMILES string of the molecule is CCCCC1CCCC(C)C1(c1ccc(-n2c3ccccc3c3ccccc32)cc1)c1ccc(-n2c3ccccc3c3ccccc32)cc1. The molecule has 2 atom stereocenters. The molecule has 6 aromatic carbocycles. The Bertz CT molecular complexity index is 2160. The summed E-state index contributed by atoms with van der Waals surface area (Å²) < 4.78 is 4.89. The van der Waals surface area contributed by atoms with Gasteiger partial charge in [0.2, 0.25) is 0 Å². The molecule has 2 heteroatoms. The highest BCUT2D eigenvalue weighted by Crippen LogP contribution is 2.54. The smallest absolute Gasteiger partial charge is 0.0541 e. The van der Waals surface area contributed by atoms with Gasteiger partial charge in [0.15, 0.2) is 0 Å². The molecule has 1 aliphatic rings. The van der Waals surface area contributed by atoms with E-state index < -0.39 is 0 Å². The quantitative estimate of drug-likeness (QED) is 0.165. The van der Waals surface area contributed by atoms with Crippen LogP contribution in [0.4, 0.5) is 0 Å². The van der Waals surface area contributed by atoms with Crippen molar-refractivity contribution in [3.8, 4) is 11.4 Å². The molecule has 0 spiro atoms. The normalized spacial score (nSPS) is 17.8. The van der Waals surface area contributed by atoms with E-state index in [4.69, 9.17) is 0 Å².